The van der Waals surface area contributed by atoms with Gasteiger partial charge in [0.15, 0.2) is 0 Å². The van der Waals surface area contributed by atoms with Gasteiger partial charge in [0.25, 0.3) is 5.91 Å². The molecule has 0 bridgehead atoms. The fourth-order valence-electron chi connectivity index (χ4n) is 3.04. The van der Waals surface area contributed by atoms with Crippen molar-refractivity contribution in [3.63, 3.8) is 0 Å². The van der Waals surface area contributed by atoms with Crippen molar-refractivity contribution in [3.8, 4) is 0 Å². The Labute approximate surface area is 190 Å². The monoisotopic (exact) mass is 452 g/mol. The third kappa shape index (κ3) is 5.97. The van der Waals surface area contributed by atoms with Crippen molar-refractivity contribution in [1.82, 2.24) is 10.0 Å². The summed E-state index contributed by atoms with van der Waals surface area (Å²) in [6.45, 7) is 6.44. The predicted molar refractivity (Wildman–Crippen MR) is 119 cm³/mol. The molecule has 33 heavy (non-hydrogen) atoms. The number of carbonyl (C=O) groups is 4. The van der Waals surface area contributed by atoms with E-state index in [4.69, 9.17) is 14.3 Å². The number of hydrogen-bond acceptors (Lipinski definition) is 7. The van der Waals surface area contributed by atoms with Gasteiger partial charge in [0.1, 0.15) is 12.2 Å². The largest absolute Gasteiger partial charge is 0.509 e. The van der Waals surface area contributed by atoms with Gasteiger partial charge < -0.3 is 14.3 Å². The lowest BCUT2D eigenvalue weighted by Gasteiger charge is -2.18. The summed E-state index contributed by atoms with van der Waals surface area (Å²) in [6.07, 6.45) is 0.567. The van der Waals surface area contributed by atoms with Crippen molar-refractivity contribution in [2.45, 2.75) is 39.9 Å². The molecule has 1 aromatic heterocycles. The second kappa shape index (κ2) is 9.56. The van der Waals surface area contributed by atoms with Gasteiger partial charge in [-0.25, -0.2) is 9.59 Å². The molecule has 1 N–H and O–H groups in total. The van der Waals surface area contributed by atoms with Crippen LogP contribution in [-0.2, 0) is 20.9 Å². The molecule has 9 heteroatoms. The van der Waals surface area contributed by atoms with Crippen molar-refractivity contribution < 1.29 is 33.5 Å². The number of rotatable bonds is 4. The van der Waals surface area contributed by atoms with E-state index in [1.165, 1.54) is 29.8 Å². The molecule has 3 aromatic rings. The van der Waals surface area contributed by atoms with Crippen LogP contribution in [0.3, 0.4) is 0 Å². The molecular formula is C24H24N2O7. The molecule has 2 aromatic carbocycles. The molecule has 0 fully saturated rings. The lowest BCUT2D eigenvalue weighted by molar-refractivity contribution is -0.0108. The molecule has 172 valence electrons. The molecule has 0 saturated carbocycles. The standard InChI is InChI=1S/C24H24N2O7/c1-15(27)26-13-19(18-10-5-6-11-20(18)26)21(28)25-33-22(29)17-9-7-8-16(12-17)14-31-23(30)32-24(2,3)4/h5-13H,14H2,1-4H3,(H,25,28). The van der Waals surface area contributed by atoms with Gasteiger partial charge in [0, 0.05) is 18.5 Å². The molecule has 1 amide bonds. The molecule has 9 nitrogen and oxygen atoms in total. The van der Waals surface area contributed by atoms with Crippen LogP contribution < -0.4 is 5.48 Å². The highest BCUT2D eigenvalue weighted by Gasteiger charge is 2.19. The summed E-state index contributed by atoms with van der Waals surface area (Å²) in [5.74, 6) is -1.74. The lowest BCUT2D eigenvalue weighted by Crippen LogP contribution is -2.27. The number of hydrogen-bond donors (Lipinski definition) is 1. The highest BCUT2D eigenvalue weighted by molar-refractivity contribution is 6.09. The number of para-hydroxylation sites is 1. The van der Waals surface area contributed by atoms with Crippen molar-refractivity contribution in [1.29, 1.82) is 0 Å². The zero-order chi connectivity index (χ0) is 24.2. The van der Waals surface area contributed by atoms with Gasteiger partial charge in [0.2, 0.25) is 5.91 Å². The molecule has 0 aliphatic carbocycles. The number of ether oxygens (including phenoxy) is 2. The maximum atomic E-state index is 12.6. The van der Waals surface area contributed by atoms with Gasteiger partial charge in [-0.3, -0.25) is 14.2 Å². The number of fused-ring (bicyclic) bond motifs is 1. The first-order valence-corrected chi connectivity index (χ1v) is 10.1. The predicted octanol–water partition coefficient (Wildman–Crippen LogP) is 4.25. The average Bonchev–Trinajstić information content (AvgIpc) is 3.15. The molecule has 3 rings (SSSR count). The Bertz CT molecular complexity index is 1220. The third-order valence-electron chi connectivity index (χ3n) is 4.44. The molecule has 0 spiro atoms. The molecule has 0 radical (unpaired) electrons. The summed E-state index contributed by atoms with van der Waals surface area (Å²) < 4.78 is 11.5. The fraction of sp³-hybridized carbons (Fsp3) is 0.250. The van der Waals surface area contributed by atoms with Crippen LogP contribution in [-0.4, -0.2) is 34.1 Å². The SMILES string of the molecule is CC(=O)n1cc(C(=O)NOC(=O)c2cccc(COC(=O)OC(C)(C)C)c2)c2ccccc21. The topological polar surface area (TPSA) is 113 Å². The van der Waals surface area contributed by atoms with Crippen LogP contribution in [0, 0.1) is 0 Å². The summed E-state index contributed by atoms with van der Waals surface area (Å²) in [4.78, 5) is 53.5. The summed E-state index contributed by atoms with van der Waals surface area (Å²) in [6, 6.07) is 13.1. The normalized spacial score (nSPS) is 11.0. The summed E-state index contributed by atoms with van der Waals surface area (Å²) in [7, 11) is 0. The smallest absolute Gasteiger partial charge is 0.429 e. The maximum absolute atomic E-state index is 12.6. The van der Waals surface area contributed by atoms with E-state index in [0.29, 0.717) is 16.5 Å². The van der Waals surface area contributed by atoms with Gasteiger partial charge in [-0.15, -0.1) is 0 Å². The molecule has 0 saturated heterocycles. The van der Waals surface area contributed by atoms with E-state index in [2.05, 4.69) is 5.48 Å². The van der Waals surface area contributed by atoms with Crippen LogP contribution in [0.2, 0.25) is 0 Å². The van der Waals surface area contributed by atoms with Crippen molar-refractivity contribution >= 4 is 34.8 Å². The van der Waals surface area contributed by atoms with Gasteiger partial charge >= 0.3 is 12.1 Å². The number of benzene rings is 2. The van der Waals surface area contributed by atoms with Crippen molar-refractivity contribution in [2.75, 3.05) is 0 Å². The Morgan fingerprint density at radius 3 is 2.42 bits per heavy atom. The molecular weight excluding hydrogens is 428 g/mol. The number of amides is 1. The van der Waals surface area contributed by atoms with Crippen LogP contribution in [0.1, 0.15) is 58.8 Å². The molecule has 0 aliphatic rings. The molecule has 0 unspecified atom stereocenters. The van der Waals surface area contributed by atoms with Gasteiger partial charge in [-0.2, -0.15) is 5.48 Å². The first-order valence-electron chi connectivity index (χ1n) is 10.1. The van der Waals surface area contributed by atoms with E-state index in [9.17, 15) is 19.2 Å². The zero-order valence-corrected chi connectivity index (χ0v) is 18.7. The third-order valence-corrected chi connectivity index (χ3v) is 4.44. The van der Waals surface area contributed by atoms with E-state index in [0.717, 1.165) is 0 Å². The second-order valence-corrected chi connectivity index (χ2v) is 8.22. The highest BCUT2D eigenvalue weighted by Crippen LogP contribution is 2.21. The number of hydroxylamine groups is 1. The van der Waals surface area contributed by atoms with Crippen molar-refractivity contribution in [2.24, 2.45) is 0 Å². The fourth-order valence-corrected chi connectivity index (χ4v) is 3.04. The molecule has 0 atom stereocenters. The number of nitrogens with one attached hydrogen (secondary N) is 1. The Kier molecular flexibility index (Phi) is 6.81. The van der Waals surface area contributed by atoms with E-state index in [1.807, 2.05) is 0 Å². The van der Waals surface area contributed by atoms with Crippen LogP contribution in [0.4, 0.5) is 4.79 Å². The number of aromatic nitrogens is 1. The zero-order valence-electron chi connectivity index (χ0n) is 18.7. The summed E-state index contributed by atoms with van der Waals surface area (Å²) in [5.41, 5.74) is 2.87. The first kappa shape index (κ1) is 23.5. The minimum Gasteiger partial charge on any atom is -0.429 e. The highest BCUT2D eigenvalue weighted by atomic mass is 16.7. The van der Waals surface area contributed by atoms with Gasteiger partial charge in [-0.05, 0) is 44.5 Å². The number of nitrogens with zero attached hydrogens (tertiary/aromatic N) is 1. The second-order valence-electron chi connectivity index (χ2n) is 8.22. The number of carbonyl (C=O) groups excluding carboxylic acids is 4. The van der Waals surface area contributed by atoms with Crippen LogP contribution in [0.25, 0.3) is 10.9 Å². The average molecular weight is 452 g/mol. The quantitative estimate of drug-likeness (QED) is 0.465. The Morgan fingerprint density at radius 1 is 1.00 bits per heavy atom. The molecule has 0 aliphatic heterocycles. The Hall–Kier alpha value is -4.14. The van der Waals surface area contributed by atoms with Crippen LogP contribution in [0.5, 0.6) is 0 Å². The Balaban J connectivity index is 1.64. The maximum Gasteiger partial charge on any atom is 0.509 e. The summed E-state index contributed by atoms with van der Waals surface area (Å²) in [5, 5.41) is 0.544. The van der Waals surface area contributed by atoms with E-state index < -0.39 is 23.6 Å². The van der Waals surface area contributed by atoms with Crippen LogP contribution >= 0.6 is 0 Å². The van der Waals surface area contributed by atoms with E-state index in [-0.39, 0.29) is 23.6 Å². The van der Waals surface area contributed by atoms with Crippen molar-refractivity contribution in [3.05, 3.63) is 71.4 Å². The van der Waals surface area contributed by atoms with E-state index >= 15 is 0 Å². The van der Waals surface area contributed by atoms with Crippen LogP contribution in [0.15, 0.2) is 54.7 Å². The van der Waals surface area contributed by atoms with E-state index in [1.54, 1.807) is 57.2 Å². The Morgan fingerprint density at radius 2 is 1.73 bits per heavy atom. The summed E-state index contributed by atoms with van der Waals surface area (Å²) >= 11 is 0. The molecule has 1 heterocycles. The van der Waals surface area contributed by atoms with Gasteiger partial charge in [-0.1, -0.05) is 30.3 Å². The minimum absolute atomic E-state index is 0.104. The lowest BCUT2D eigenvalue weighted by atomic mass is 10.1. The van der Waals surface area contributed by atoms with Gasteiger partial charge in [0.05, 0.1) is 16.6 Å². The minimum atomic E-state index is -0.826. The first-order chi connectivity index (χ1) is 15.5.